The second kappa shape index (κ2) is 7.28. The number of aliphatic hydroxyl groups is 2. The Balaban J connectivity index is 2.24. The first-order valence-electron chi connectivity index (χ1n) is 6.62. The van der Waals surface area contributed by atoms with Gasteiger partial charge in [0.15, 0.2) is 0 Å². The maximum Gasteiger partial charge on any atom is 0.113 e. The summed E-state index contributed by atoms with van der Waals surface area (Å²) < 4.78 is 0. The lowest BCUT2D eigenvalue weighted by Crippen LogP contribution is -2.44. The van der Waals surface area contributed by atoms with Crippen LogP contribution in [-0.4, -0.2) is 53.6 Å². The van der Waals surface area contributed by atoms with Crippen molar-refractivity contribution in [1.29, 1.82) is 0 Å². The van der Waals surface area contributed by atoms with Gasteiger partial charge in [-0.2, -0.15) is 0 Å². The Labute approximate surface area is 104 Å². The Morgan fingerprint density at radius 1 is 1.29 bits per heavy atom. The lowest BCUT2D eigenvalue weighted by Gasteiger charge is -2.35. The predicted molar refractivity (Wildman–Crippen MR) is 68.3 cm³/mol. The van der Waals surface area contributed by atoms with E-state index < -0.39 is 5.72 Å². The fraction of sp³-hybridized carbons (Fsp3) is 1.00. The van der Waals surface area contributed by atoms with E-state index in [2.05, 4.69) is 4.90 Å². The molecule has 1 unspecified atom stereocenters. The van der Waals surface area contributed by atoms with E-state index in [1.54, 1.807) is 0 Å². The lowest BCUT2D eigenvalue weighted by atomic mass is 9.87. The lowest BCUT2D eigenvalue weighted by molar-refractivity contribution is -0.00194. The molecule has 0 spiro atoms. The van der Waals surface area contributed by atoms with E-state index >= 15 is 0 Å². The van der Waals surface area contributed by atoms with Crippen molar-refractivity contribution in [3.8, 4) is 0 Å². The van der Waals surface area contributed by atoms with Crippen LogP contribution in [-0.2, 0) is 0 Å². The van der Waals surface area contributed by atoms with Gasteiger partial charge >= 0.3 is 0 Å². The Morgan fingerprint density at radius 2 is 1.94 bits per heavy atom. The van der Waals surface area contributed by atoms with E-state index in [4.69, 9.17) is 16.6 Å². The van der Waals surface area contributed by atoms with Crippen molar-refractivity contribution in [3.05, 3.63) is 0 Å². The molecule has 17 heavy (non-hydrogen) atoms. The number of piperidine rings is 1. The standard InChI is InChI=1S/C12H27N3O2/c13-5-8-15-6-2-11(3-7-15)10-12(14,17)4-1-9-16/h11,16-17H,1-10,13-14H2. The number of rotatable bonds is 7. The van der Waals surface area contributed by atoms with Crippen molar-refractivity contribution in [2.45, 2.75) is 37.8 Å². The summed E-state index contributed by atoms with van der Waals surface area (Å²) in [6, 6.07) is 0. The Hall–Kier alpha value is -0.200. The van der Waals surface area contributed by atoms with E-state index in [1.165, 1.54) is 0 Å². The molecule has 6 N–H and O–H groups in total. The second-order valence-corrected chi connectivity index (χ2v) is 5.21. The molecular formula is C12H27N3O2. The molecule has 1 aliphatic heterocycles. The maximum atomic E-state index is 10.0. The molecule has 5 heteroatoms. The molecule has 1 rings (SSSR count). The highest BCUT2D eigenvalue weighted by atomic mass is 16.3. The Kier molecular flexibility index (Phi) is 6.37. The molecule has 0 aromatic rings. The third kappa shape index (κ3) is 5.79. The minimum absolute atomic E-state index is 0.0917. The summed E-state index contributed by atoms with van der Waals surface area (Å²) in [5, 5.41) is 18.7. The minimum Gasteiger partial charge on any atom is -0.396 e. The molecule has 1 saturated heterocycles. The van der Waals surface area contributed by atoms with Gasteiger partial charge in [-0.25, -0.2) is 0 Å². The van der Waals surface area contributed by atoms with Crippen molar-refractivity contribution >= 4 is 0 Å². The zero-order chi connectivity index (χ0) is 12.7. The molecule has 0 amide bonds. The smallest absolute Gasteiger partial charge is 0.113 e. The van der Waals surface area contributed by atoms with Crippen molar-refractivity contribution in [2.75, 3.05) is 32.8 Å². The molecule has 5 nitrogen and oxygen atoms in total. The summed E-state index contributed by atoms with van der Waals surface area (Å²) in [5.74, 6) is 0.498. The molecule has 1 heterocycles. The fourth-order valence-corrected chi connectivity index (χ4v) is 2.58. The van der Waals surface area contributed by atoms with Crippen LogP contribution in [0.5, 0.6) is 0 Å². The largest absolute Gasteiger partial charge is 0.396 e. The topological polar surface area (TPSA) is 95.7 Å². The van der Waals surface area contributed by atoms with Crippen LogP contribution in [0.25, 0.3) is 0 Å². The number of hydrogen-bond acceptors (Lipinski definition) is 5. The minimum atomic E-state index is -1.11. The van der Waals surface area contributed by atoms with Crippen molar-refractivity contribution in [1.82, 2.24) is 4.90 Å². The highest BCUT2D eigenvalue weighted by Gasteiger charge is 2.28. The third-order valence-electron chi connectivity index (χ3n) is 3.56. The van der Waals surface area contributed by atoms with Crippen LogP contribution in [0.4, 0.5) is 0 Å². The van der Waals surface area contributed by atoms with Crippen LogP contribution in [0.15, 0.2) is 0 Å². The molecule has 1 atom stereocenters. The summed E-state index contributed by atoms with van der Waals surface area (Å²) in [7, 11) is 0. The van der Waals surface area contributed by atoms with Crippen LogP contribution >= 0.6 is 0 Å². The maximum absolute atomic E-state index is 10.0. The van der Waals surface area contributed by atoms with E-state index in [1.807, 2.05) is 0 Å². The van der Waals surface area contributed by atoms with Crippen molar-refractivity contribution in [2.24, 2.45) is 17.4 Å². The van der Waals surface area contributed by atoms with Gasteiger partial charge < -0.3 is 26.6 Å². The molecule has 1 aliphatic rings. The molecular weight excluding hydrogens is 218 g/mol. The van der Waals surface area contributed by atoms with Gasteiger partial charge in [0.2, 0.25) is 0 Å². The number of aliphatic hydroxyl groups excluding tert-OH is 1. The average Bonchev–Trinajstić information content (AvgIpc) is 2.29. The monoisotopic (exact) mass is 245 g/mol. The van der Waals surface area contributed by atoms with Gasteiger partial charge in [-0.3, -0.25) is 0 Å². The van der Waals surface area contributed by atoms with Gasteiger partial charge in [-0.15, -0.1) is 0 Å². The van der Waals surface area contributed by atoms with Crippen LogP contribution in [0, 0.1) is 5.92 Å². The SMILES string of the molecule is NCCN1CCC(CC(N)(O)CCCO)CC1. The van der Waals surface area contributed by atoms with Crippen LogP contribution < -0.4 is 11.5 Å². The Morgan fingerprint density at radius 3 is 2.47 bits per heavy atom. The molecule has 1 fully saturated rings. The van der Waals surface area contributed by atoms with E-state index in [9.17, 15) is 5.11 Å². The highest BCUT2D eigenvalue weighted by molar-refractivity contribution is 4.80. The van der Waals surface area contributed by atoms with Crippen LogP contribution in [0.2, 0.25) is 0 Å². The summed E-state index contributed by atoms with van der Waals surface area (Å²) in [4.78, 5) is 2.36. The van der Waals surface area contributed by atoms with Crippen molar-refractivity contribution in [3.63, 3.8) is 0 Å². The first kappa shape index (κ1) is 14.9. The molecule has 0 aromatic carbocycles. The summed E-state index contributed by atoms with van der Waals surface area (Å²) in [6.45, 7) is 3.87. The molecule has 0 saturated carbocycles. The van der Waals surface area contributed by atoms with E-state index in [-0.39, 0.29) is 6.61 Å². The third-order valence-corrected chi connectivity index (χ3v) is 3.56. The van der Waals surface area contributed by atoms with Crippen LogP contribution in [0.3, 0.4) is 0 Å². The Bertz CT molecular complexity index is 204. The van der Waals surface area contributed by atoms with Gasteiger partial charge in [0.25, 0.3) is 0 Å². The molecule has 0 aromatic heterocycles. The van der Waals surface area contributed by atoms with Gasteiger partial charge in [0.1, 0.15) is 5.72 Å². The zero-order valence-corrected chi connectivity index (χ0v) is 10.6. The van der Waals surface area contributed by atoms with E-state index in [0.29, 0.717) is 31.7 Å². The zero-order valence-electron chi connectivity index (χ0n) is 10.6. The molecule has 0 bridgehead atoms. The average molecular weight is 245 g/mol. The number of nitrogens with zero attached hydrogens (tertiary/aromatic N) is 1. The molecule has 0 aliphatic carbocycles. The highest BCUT2D eigenvalue weighted by Crippen LogP contribution is 2.26. The molecule has 0 radical (unpaired) electrons. The van der Waals surface area contributed by atoms with Gasteiger partial charge in [0.05, 0.1) is 0 Å². The van der Waals surface area contributed by atoms with E-state index in [0.717, 1.165) is 32.5 Å². The van der Waals surface area contributed by atoms with Gasteiger partial charge in [-0.1, -0.05) is 0 Å². The normalized spacial score (nSPS) is 22.6. The van der Waals surface area contributed by atoms with Gasteiger partial charge in [-0.05, 0) is 51.1 Å². The first-order chi connectivity index (χ1) is 8.07. The summed E-state index contributed by atoms with van der Waals surface area (Å²) in [5.41, 5.74) is 10.3. The quantitative estimate of drug-likeness (QED) is 0.452. The van der Waals surface area contributed by atoms with Crippen molar-refractivity contribution < 1.29 is 10.2 Å². The first-order valence-corrected chi connectivity index (χ1v) is 6.62. The number of nitrogens with two attached hydrogens (primary N) is 2. The van der Waals surface area contributed by atoms with Crippen LogP contribution in [0.1, 0.15) is 32.1 Å². The summed E-state index contributed by atoms with van der Waals surface area (Å²) in [6.07, 6.45) is 3.85. The van der Waals surface area contributed by atoms with Gasteiger partial charge in [0, 0.05) is 19.7 Å². The molecule has 102 valence electrons. The second-order valence-electron chi connectivity index (χ2n) is 5.21. The number of likely N-dealkylation sites (tertiary alicyclic amines) is 1. The summed E-state index contributed by atoms with van der Waals surface area (Å²) >= 11 is 0. The predicted octanol–water partition coefficient (Wildman–Crippen LogP) is -0.533. The number of hydrogen-bond donors (Lipinski definition) is 4. The fourth-order valence-electron chi connectivity index (χ4n) is 2.58.